The molecule has 30 heavy (non-hydrogen) atoms. The van der Waals surface area contributed by atoms with Crippen LogP contribution in [-0.2, 0) is 0 Å². The van der Waals surface area contributed by atoms with E-state index in [0.29, 0.717) is 17.5 Å². The Kier molecular flexibility index (Phi) is 7.30. The van der Waals surface area contributed by atoms with Crippen molar-refractivity contribution >= 4 is 24.2 Å². The predicted octanol–water partition coefficient (Wildman–Crippen LogP) is 0.356. The number of nitrogens with zero attached hydrogens (tertiary/aromatic N) is 4. The van der Waals surface area contributed by atoms with Gasteiger partial charge in [0.25, 0.3) is 11.8 Å². The lowest BCUT2D eigenvalue weighted by Crippen LogP contribution is -2.26. The predicted molar refractivity (Wildman–Crippen MR) is 109 cm³/mol. The lowest BCUT2D eigenvalue weighted by molar-refractivity contribution is 0.0946. The number of pyridine rings is 2. The van der Waals surface area contributed by atoms with Crippen molar-refractivity contribution in [3.63, 3.8) is 0 Å². The van der Waals surface area contributed by atoms with Crippen LogP contribution in [0.25, 0.3) is 0 Å². The first kappa shape index (κ1) is 21.2. The van der Waals surface area contributed by atoms with Crippen molar-refractivity contribution < 1.29 is 19.8 Å². The van der Waals surface area contributed by atoms with Crippen LogP contribution in [0.1, 0.15) is 33.6 Å². The summed E-state index contributed by atoms with van der Waals surface area (Å²) in [5.74, 6) is -1.61. The van der Waals surface area contributed by atoms with Crippen molar-refractivity contribution in [3.8, 4) is 0 Å². The summed E-state index contributed by atoms with van der Waals surface area (Å²) in [4.78, 5) is 31.6. The van der Waals surface area contributed by atoms with E-state index in [1.165, 1.54) is 37.2 Å². The van der Waals surface area contributed by atoms with E-state index in [-0.39, 0.29) is 18.2 Å². The van der Waals surface area contributed by atoms with Crippen molar-refractivity contribution in [1.82, 2.24) is 20.8 Å². The minimum Gasteiger partial charge on any atom is -0.393 e. The molecule has 2 aromatic heterocycles. The fourth-order valence-electron chi connectivity index (χ4n) is 3.24. The van der Waals surface area contributed by atoms with Gasteiger partial charge in [0, 0.05) is 66.6 Å². The Morgan fingerprint density at radius 3 is 2.03 bits per heavy atom. The molecule has 2 aromatic rings. The van der Waals surface area contributed by atoms with E-state index in [0.717, 1.165) is 0 Å². The highest BCUT2D eigenvalue weighted by atomic mass is 16.3. The number of hydrogen-bond acceptors (Lipinski definition) is 8. The molecule has 10 heteroatoms. The summed E-state index contributed by atoms with van der Waals surface area (Å²) in [6.07, 6.45) is 7.85. The van der Waals surface area contributed by atoms with Gasteiger partial charge in [-0.1, -0.05) is 0 Å². The quantitative estimate of drug-likeness (QED) is 0.382. The number of hydrogen-bond donors (Lipinski definition) is 4. The van der Waals surface area contributed by atoms with Crippen LogP contribution in [0.4, 0.5) is 0 Å². The zero-order valence-electron chi connectivity index (χ0n) is 16.0. The molecule has 2 amide bonds. The van der Waals surface area contributed by atoms with Gasteiger partial charge >= 0.3 is 0 Å². The number of carbonyl (C=O) groups excluding carboxylic acids is 2. The van der Waals surface area contributed by atoms with Crippen LogP contribution < -0.4 is 10.9 Å². The van der Waals surface area contributed by atoms with Crippen LogP contribution in [0.15, 0.2) is 59.3 Å². The molecule has 4 atom stereocenters. The number of aromatic nitrogens is 2. The number of rotatable bonds is 7. The molecule has 1 fully saturated rings. The van der Waals surface area contributed by atoms with Crippen LogP contribution in [0.5, 0.6) is 0 Å². The molecular weight excluding hydrogens is 388 g/mol. The molecule has 2 heterocycles. The number of hydrazone groups is 2. The van der Waals surface area contributed by atoms with Crippen molar-refractivity contribution in [2.24, 2.45) is 22.0 Å². The van der Waals surface area contributed by atoms with Gasteiger partial charge in [-0.05, 0) is 30.7 Å². The minimum absolute atomic E-state index is 0.191. The molecule has 1 aliphatic rings. The largest absolute Gasteiger partial charge is 0.393 e. The molecule has 0 saturated heterocycles. The smallest absolute Gasteiger partial charge is 0.271 e. The van der Waals surface area contributed by atoms with Crippen LogP contribution in [-0.4, -0.2) is 56.6 Å². The van der Waals surface area contributed by atoms with Gasteiger partial charge in [0.15, 0.2) is 0 Å². The highest BCUT2D eigenvalue weighted by molar-refractivity contribution is 5.94. The van der Waals surface area contributed by atoms with Gasteiger partial charge in [0.2, 0.25) is 0 Å². The van der Waals surface area contributed by atoms with Crippen LogP contribution in [0.3, 0.4) is 0 Å². The second kappa shape index (κ2) is 10.3. The zero-order chi connectivity index (χ0) is 21.3. The molecule has 156 valence electrons. The summed E-state index contributed by atoms with van der Waals surface area (Å²) >= 11 is 0. The Balaban J connectivity index is 1.54. The molecule has 1 saturated carbocycles. The molecule has 10 nitrogen and oxygen atoms in total. The molecule has 3 rings (SSSR count). The van der Waals surface area contributed by atoms with Gasteiger partial charge in [-0.3, -0.25) is 19.6 Å². The van der Waals surface area contributed by atoms with E-state index in [1.54, 1.807) is 24.3 Å². The van der Waals surface area contributed by atoms with Crippen LogP contribution in [0, 0.1) is 11.8 Å². The average molecular weight is 410 g/mol. The summed E-state index contributed by atoms with van der Waals surface area (Å²) in [6, 6.07) is 6.24. The molecule has 0 aromatic carbocycles. The maximum absolute atomic E-state index is 12.0. The molecule has 0 bridgehead atoms. The van der Waals surface area contributed by atoms with Crippen molar-refractivity contribution in [2.45, 2.75) is 25.0 Å². The Hall–Kier alpha value is -3.50. The van der Waals surface area contributed by atoms with E-state index in [2.05, 4.69) is 31.0 Å². The molecular formula is C20H22N6O4. The second-order valence-corrected chi connectivity index (χ2v) is 6.79. The van der Waals surface area contributed by atoms with E-state index in [1.807, 2.05) is 0 Å². The highest BCUT2D eigenvalue weighted by Gasteiger charge is 2.40. The monoisotopic (exact) mass is 410 g/mol. The van der Waals surface area contributed by atoms with Gasteiger partial charge in [0.05, 0.1) is 12.2 Å². The van der Waals surface area contributed by atoms with Crippen LogP contribution in [0.2, 0.25) is 0 Å². The fourth-order valence-corrected chi connectivity index (χ4v) is 3.24. The maximum Gasteiger partial charge on any atom is 0.271 e. The lowest BCUT2D eigenvalue weighted by atomic mass is 9.92. The molecule has 4 N–H and O–H groups in total. The Morgan fingerprint density at radius 1 is 0.933 bits per heavy atom. The topological polar surface area (TPSA) is 149 Å². The summed E-state index contributed by atoms with van der Waals surface area (Å²) in [5.41, 5.74) is 5.63. The second-order valence-electron chi connectivity index (χ2n) is 6.79. The highest BCUT2D eigenvalue weighted by Crippen LogP contribution is 2.33. The molecule has 0 radical (unpaired) electrons. The molecule has 0 aliphatic heterocycles. The molecule has 1 aliphatic carbocycles. The lowest BCUT2D eigenvalue weighted by Gasteiger charge is -2.17. The normalized spacial score (nSPS) is 23.7. The van der Waals surface area contributed by atoms with Crippen LogP contribution >= 0.6 is 0 Å². The molecule has 0 unspecified atom stereocenters. The van der Waals surface area contributed by atoms with Crippen molar-refractivity contribution in [1.29, 1.82) is 0 Å². The maximum atomic E-state index is 12.0. The van der Waals surface area contributed by atoms with Gasteiger partial charge in [0.1, 0.15) is 0 Å². The standard InChI is InChI=1S/C20H22N6O4/c27-17-11-18(28)16(12-24-26-20(30)14-3-8-22-9-4-14)15(17)5-10-23-25-19(29)13-1-6-21-7-2-13/h1-4,6-10,12,15-18,27-28H,5,11H2,(H,25,29)(H,26,30)/b23-10+,24-12+/t15-,16-,17+,18-/m1/s1. The van der Waals surface area contributed by atoms with Crippen molar-refractivity contribution in [3.05, 3.63) is 60.2 Å². The van der Waals surface area contributed by atoms with E-state index < -0.39 is 24.0 Å². The van der Waals surface area contributed by atoms with Gasteiger partial charge in [-0.2, -0.15) is 10.2 Å². The number of nitrogens with one attached hydrogen (secondary N) is 2. The fraction of sp³-hybridized carbons (Fsp3) is 0.300. The number of aliphatic hydroxyl groups excluding tert-OH is 2. The summed E-state index contributed by atoms with van der Waals surface area (Å²) < 4.78 is 0. The first-order valence-electron chi connectivity index (χ1n) is 9.38. The Labute approximate surface area is 172 Å². The zero-order valence-corrected chi connectivity index (χ0v) is 16.0. The summed E-state index contributed by atoms with van der Waals surface area (Å²) in [5, 5.41) is 28.3. The number of aliphatic hydroxyl groups is 2. The SMILES string of the molecule is O=C(N/N=C/C[C@@H]1[C@@H](/C=N/NC(=O)c2ccncc2)[C@H](O)C[C@@H]1O)c1ccncc1. The van der Waals surface area contributed by atoms with Gasteiger partial charge in [-0.15, -0.1) is 0 Å². The third-order valence-electron chi connectivity index (χ3n) is 4.85. The van der Waals surface area contributed by atoms with E-state index >= 15 is 0 Å². The number of amides is 2. The summed E-state index contributed by atoms with van der Waals surface area (Å²) in [7, 11) is 0. The van der Waals surface area contributed by atoms with Gasteiger partial charge < -0.3 is 10.2 Å². The van der Waals surface area contributed by atoms with E-state index in [9.17, 15) is 19.8 Å². The van der Waals surface area contributed by atoms with Crippen molar-refractivity contribution in [2.75, 3.05) is 0 Å². The Bertz CT molecular complexity index is 906. The first-order valence-corrected chi connectivity index (χ1v) is 9.38. The average Bonchev–Trinajstić information content (AvgIpc) is 3.04. The molecule has 0 spiro atoms. The third-order valence-corrected chi connectivity index (χ3v) is 4.85. The first-order chi connectivity index (χ1) is 14.6. The van der Waals surface area contributed by atoms with E-state index in [4.69, 9.17) is 0 Å². The van der Waals surface area contributed by atoms with Gasteiger partial charge in [-0.25, -0.2) is 10.9 Å². The minimum atomic E-state index is -0.800. The third kappa shape index (κ3) is 5.52. The number of carbonyl (C=O) groups is 2. The Morgan fingerprint density at radius 2 is 1.47 bits per heavy atom. The summed E-state index contributed by atoms with van der Waals surface area (Å²) in [6.45, 7) is 0.